The van der Waals surface area contributed by atoms with Gasteiger partial charge in [-0.1, -0.05) is 0 Å². The van der Waals surface area contributed by atoms with Crippen LogP contribution in [0.15, 0.2) is 18.3 Å². The van der Waals surface area contributed by atoms with E-state index in [1.54, 1.807) is 25.4 Å². The highest BCUT2D eigenvalue weighted by Gasteiger charge is 2.17. The number of carbonyl (C=O) groups is 1. The summed E-state index contributed by atoms with van der Waals surface area (Å²) in [6, 6.07) is 3.05. The van der Waals surface area contributed by atoms with Gasteiger partial charge >= 0.3 is 0 Å². The summed E-state index contributed by atoms with van der Waals surface area (Å²) in [7, 11) is 3.00. The third kappa shape index (κ3) is 3.97. The number of aliphatic hydroxyl groups is 1. The van der Waals surface area contributed by atoms with Crippen LogP contribution in [-0.2, 0) is 4.74 Å². The van der Waals surface area contributed by atoms with Gasteiger partial charge in [0.05, 0.1) is 19.8 Å². The molecule has 0 saturated carbocycles. The molecular formula is C12H18N2O4. The molecule has 1 amide bonds. The minimum Gasteiger partial charge on any atom is -0.480 e. The van der Waals surface area contributed by atoms with E-state index in [2.05, 4.69) is 10.3 Å². The average molecular weight is 254 g/mol. The Hall–Kier alpha value is -1.66. The SMILES string of the molecule is COCC(CCO)NC(=O)c1cccnc1OC. The molecule has 0 aromatic carbocycles. The van der Waals surface area contributed by atoms with Gasteiger partial charge in [-0.3, -0.25) is 4.79 Å². The van der Waals surface area contributed by atoms with Crippen LogP contribution in [0.5, 0.6) is 5.88 Å². The highest BCUT2D eigenvalue weighted by Crippen LogP contribution is 2.13. The fourth-order valence-corrected chi connectivity index (χ4v) is 1.54. The van der Waals surface area contributed by atoms with Crippen molar-refractivity contribution in [3.63, 3.8) is 0 Å². The van der Waals surface area contributed by atoms with Gasteiger partial charge in [-0.15, -0.1) is 0 Å². The highest BCUT2D eigenvalue weighted by molar-refractivity contribution is 5.96. The second kappa shape index (κ2) is 7.62. The summed E-state index contributed by atoms with van der Waals surface area (Å²) in [6.45, 7) is 0.327. The lowest BCUT2D eigenvalue weighted by atomic mass is 10.2. The minimum atomic E-state index is -0.296. The Labute approximate surface area is 106 Å². The van der Waals surface area contributed by atoms with Crippen LogP contribution in [0, 0.1) is 0 Å². The number of hydrogen-bond donors (Lipinski definition) is 2. The molecule has 1 unspecified atom stereocenters. The van der Waals surface area contributed by atoms with Gasteiger partial charge in [-0.2, -0.15) is 0 Å². The van der Waals surface area contributed by atoms with E-state index in [-0.39, 0.29) is 24.4 Å². The molecule has 2 N–H and O–H groups in total. The number of aliphatic hydroxyl groups excluding tert-OH is 1. The zero-order valence-corrected chi connectivity index (χ0v) is 10.5. The van der Waals surface area contributed by atoms with E-state index in [4.69, 9.17) is 14.6 Å². The summed E-state index contributed by atoms with van der Waals surface area (Å²) < 4.78 is 9.99. The van der Waals surface area contributed by atoms with Crippen molar-refractivity contribution in [2.24, 2.45) is 0 Å². The molecule has 0 saturated heterocycles. The molecule has 0 aliphatic heterocycles. The van der Waals surface area contributed by atoms with Crippen molar-refractivity contribution in [2.75, 3.05) is 27.4 Å². The van der Waals surface area contributed by atoms with Crippen LogP contribution in [0.1, 0.15) is 16.8 Å². The molecule has 1 aromatic heterocycles. The van der Waals surface area contributed by atoms with Crippen molar-refractivity contribution in [2.45, 2.75) is 12.5 Å². The fraction of sp³-hybridized carbons (Fsp3) is 0.500. The molecule has 0 spiro atoms. The largest absolute Gasteiger partial charge is 0.480 e. The molecule has 1 rings (SSSR count). The van der Waals surface area contributed by atoms with E-state index in [0.29, 0.717) is 18.6 Å². The van der Waals surface area contributed by atoms with E-state index >= 15 is 0 Å². The molecule has 1 atom stereocenters. The molecular weight excluding hydrogens is 236 g/mol. The maximum atomic E-state index is 12.0. The number of amides is 1. The van der Waals surface area contributed by atoms with Crippen molar-refractivity contribution in [3.05, 3.63) is 23.9 Å². The number of methoxy groups -OCH3 is 2. The third-order valence-corrected chi connectivity index (χ3v) is 2.39. The lowest BCUT2D eigenvalue weighted by Crippen LogP contribution is -2.38. The van der Waals surface area contributed by atoms with Crippen molar-refractivity contribution in [1.82, 2.24) is 10.3 Å². The number of aromatic nitrogens is 1. The lowest BCUT2D eigenvalue weighted by molar-refractivity contribution is 0.0875. The normalized spacial score (nSPS) is 11.9. The number of ether oxygens (including phenoxy) is 2. The van der Waals surface area contributed by atoms with E-state index in [0.717, 1.165) is 0 Å². The molecule has 6 nitrogen and oxygen atoms in total. The Morgan fingerprint density at radius 2 is 2.33 bits per heavy atom. The number of carbonyl (C=O) groups excluding carboxylic acids is 1. The van der Waals surface area contributed by atoms with Crippen LogP contribution in [-0.4, -0.2) is 49.5 Å². The van der Waals surface area contributed by atoms with Gasteiger partial charge < -0.3 is 19.9 Å². The third-order valence-electron chi connectivity index (χ3n) is 2.39. The van der Waals surface area contributed by atoms with E-state index in [1.165, 1.54) is 7.11 Å². The van der Waals surface area contributed by atoms with Crippen LogP contribution >= 0.6 is 0 Å². The Balaban J connectivity index is 2.73. The standard InChI is InChI=1S/C12H18N2O4/c1-17-8-9(5-7-15)14-11(16)10-4-3-6-13-12(10)18-2/h3-4,6,9,15H,5,7-8H2,1-2H3,(H,14,16). The minimum absolute atomic E-state index is 0.0154. The smallest absolute Gasteiger partial charge is 0.257 e. The molecule has 0 aliphatic rings. The second-order valence-electron chi connectivity index (χ2n) is 3.70. The maximum Gasteiger partial charge on any atom is 0.257 e. The maximum absolute atomic E-state index is 12.0. The first kappa shape index (κ1) is 14.4. The van der Waals surface area contributed by atoms with E-state index in [1.807, 2.05) is 0 Å². The Morgan fingerprint density at radius 1 is 1.56 bits per heavy atom. The van der Waals surface area contributed by atoms with Gasteiger partial charge in [-0.05, 0) is 18.6 Å². The Kier molecular flexibility index (Phi) is 6.10. The van der Waals surface area contributed by atoms with Gasteiger partial charge in [0.1, 0.15) is 5.56 Å². The van der Waals surface area contributed by atoms with Crippen molar-refractivity contribution in [1.29, 1.82) is 0 Å². The van der Waals surface area contributed by atoms with Gasteiger partial charge in [0.25, 0.3) is 5.91 Å². The van der Waals surface area contributed by atoms with Crippen LogP contribution < -0.4 is 10.1 Å². The monoisotopic (exact) mass is 254 g/mol. The summed E-state index contributed by atoms with van der Waals surface area (Å²) in [4.78, 5) is 16.0. The molecule has 1 aromatic rings. The van der Waals surface area contributed by atoms with Crippen LogP contribution in [0.25, 0.3) is 0 Å². The topological polar surface area (TPSA) is 80.7 Å². The van der Waals surface area contributed by atoms with Gasteiger partial charge in [0, 0.05) is 19.9 Å². The summed E-state index contributed by atoms with van der Waals surface area (Å²) in [5.41, 5.74) is 0.360. The fourth-order valence-electron chi connectivity index (χ4n) is 1.54. The first-order valence-electron chi connectivity index (χ1n) is 5.62. The van der Waals surface area contributed by atoms with Gasteiger partial charge in [0.2, 0.25) is 5.88 Å². The van der Waals surface area contributed by atoms with Crippen LogP contribution in [0.3, 0.4) is 0 Å². The summed E-state index contributed by atoms with van der Waals surface area (Å²) in [5, 5.41) is 11.7. The summed E-state index contributed by atoms with van der Waals surface area (Å²) in [5.74, 6) is -0.0226. The van der Waals surface area contributed by atoms with Gasteiger partial charge in [0.15, 0.2) is 0 Å². The molecule has 1 heterocycles. The first-order chi connectivity index (χ1) is 8.72. The molecule has 100 valence electrons. The lowest BCUT2D eigenvalue weighted by Gasteiger charge is -2.17. The molecule has 18 heavy (non-hydrogen) atoms. The van der Waals surface area contributed by atoms with Crippen molar-refractivity contribution >= 4 is 5.91 Å². The van der Waals surface area contributed by atoms with Crippen molar-refractivity contribution in [3.8, 4) is 5.88 Å². The zero-order valence-electron chi connectivity index (χ0n) is 10.5. The van der Waals surface area contributed by atoms with Crippen LogP contribution in [0.4, 0.5) is 0 Å². The Bertz CT molecular complexity index is 378. The second-order valence-corrected chi connectivity index (χ2v) is 3.70. The molecule has 6 heteroatoms. The molecule has 0 bridgehead atoms. The highest BCUT2D eigenvalue weighted by atomic mass is 16.5. The predicted octanol–water partition coefficient (Wildman–Crippen LogP) is 0.217. The predicted molar refractivity (Wildman–Crippen MR) is 65.6 cm³/mol. The number of hydrogen-bond acceptors (Lipinski definition) is 5. The van der Waals surface area contributed by atoms with E-state index < -0.39 is 0 Å². The molecule has 0 fully saturated rings. The summed E-state index contributed by atoms with van der Waals surface area (Å²) >= 11 is 0. The molecule has 0 aliphatic carbocycles. The Morgan fingerprint density at radius 3 is 2.94 bits per heavy atom. The number of nitrogens with zero attached hydrogens (tertiary/aromatic N) is 1. The van der Waals surface area contributed by atoms with Crippen molar-refractivity contribution < 1.29 is 19.4 Å². The quantitative estimate of drug-likeness (QED) is 0.727. The average Bonchev–Trinajstić information content (AvgIpc) is 2.39. The first-order valence-corrected chi connectivity index (χ1v) is 5.62. The van der Waals surface area contributed by atoms with Crippen LogP contribution in [0.2, 0.25) is 0 Å². The number of nitrogens with one attached hydrogen (secondary N) is 1. The number of pyridine rings is 1. The van der Waals surface area contributed by atoms with E-state index in [9.17, 15) is 4.79 Å². The summed E-state index contributed by atoms with van der Waals surface area (Å²) in [6.07, 6.45) is 1.98. The number of rotatable bonds is 7. The van der Waals surface area contributed by atoms with Gasteiger partial charge in [-0.25, -0.2) is 4.98 Å². The molecule has 0 radical (unpaired) electrons. The zero-order chi connectivity index (χ0) is 13.4.